The van der Waals surface area contributed by atoms with Gasteiger partial charge >= 0.3 is 5.97 Å². The third kappa shape index (κ3) is 2.74. The molecule has 0 bridgehead atoms. The van der Waals surface area contributed by atoms with E-state index in [1.165, 1.54) is 7.11 Å². The zero-order chi connectivity index (χ0) is 10.4. The second-order valence-electron chi connectivity index (χ2n) is 2.49. The summed E-state index contributed by atoms with van der Waals surface area (Å²) < 4.78 is 5.22. The SMILES string of the molecule is CCOc1ccc(C(=O)OOC)cc1. The van der Waals surface area contributed by atoms with E-state index in [-0.39, 0.29) is 0 Å². The summed E-state index contributed by atoms with van der Waals surface area (Å²) >= 11 is 0. The van der Waals surface area contributed by atoms with Gasteiger partial charge in [-0.1, -0.05) is 0 Å². The minimum Gasteiger partial charge on any atom is -0.494 e. The fourth-order valence-corrected chi connectivity index (χ4v) is 0.978. The Hall–Kier alpha value is -1.55. The standard InChI is InChI=1S/C10H12O4/c1-3-13-9-6-4-8(5-7-9)10(11)14-12-2/h4-7H,3H2,1-2H3. The van der Waals surface area contributed by atoms with E-state index in [4.69, 9.17) is 4.74 Å². The Morgan fingerprint density at radius 2 is 1.93 bits per heavy atom. The van der Waals surface area contributed by atoms with Crippen LogP contribution in [-0.2, 0) is 9.78 Å². The Labute approximate surface area is 82.3 Å². The molecule has 0 aromatic heterocycles. The van der Waals surface area contributed by atoms with E-state index in [1.54, 1.807) is 24.3 Å². The van der Waals surface area contributed by atoms with E-state index in [2.05, 4.69) is 9.78 Å². The maximum Gasteiger partial charge on any atom is 0.373 e. The summed E-state index contributed by atoms with van der Waals surface area (Å²) in [5, 5.41) is 0. The Morgan fingerprint density at radius 3 is 2.43 bits per heavy atom. The highest BCUT2D eigenvalue weighted by atomic mass is 17.2. The van der Waals surface area contributed by atoms with E-state index < -0.39 is 5.97 Å². The number of hydrogen-bond donors (Lipinski definition) is 0. The van der Waals surface area contributed by atoms with Crippen LogP contribution in [-0.4, -0.2) is 19.7 Å². The summed E-state index contributed by atoms with van der Waals surface area (Å²) in [5.41, 5.74) is 0.426. The lowest BCUT2D eigenvalue weighted by molar-refractivity contribution is -0.216. The highest BCUT2D eigenvalue weighted by Gasteiger charge is 2.06. The summed E-state index contributed by atoms with van der Waals surface area (Å²) in [6.07, 6.45) is 0. The molecule has 0 aliphatic carbocycles. The van der Waals surface area contributed by atoms with Gasteiger partial charge in [0.1, 0.15) is 5.75 Å². The molecule has 0 heterocycles. The largest absolute Gasteiger partial charge is 0.494 e. The van der Waals surface area contributed by atoms with Gasteiger partial charge in [0.05, 0.1) is 19.3 Å². The van der Waals surface area contributed by atoms with E-state index in [0.717, 1.165) is 5.75 Å². The second kappa shape index (κ2) is 5.24. The Morgan fingerprint density at radius 1 is 1.29 bits per heavy atom. The molecule has 1 aromatic carbocycles. The van der Waals surface area contributed by atoms with Crippen LogP contribution in [0.4, 0.5) is 0 Å². The number of carbonyl (C=O) groups is 1. The molecule has 14 heavy (non-hydrogen) atoms. The van der Waals surface area contributed by atoms with Crippen LogP contribution in [0.25, 0.3) is 0 Å². The molecule has 76 valence electrons. The molecule has 0 saturated heterocycles. The van der Waals surface area contributed by atoms with Crippen LogP contribution in [0.1, 0.15) is 17.3 Å². The molecule has 0 amide bonds. The third-order valence-corrected chi connectivity index (χ3v) is 1.56. The van der Waals surface area contributed by atoms with Crippen LogP contribution < -0.4 is 4.74 Å². The van der Waals surface area contributed by atoms with Crippen molar-refractivity contribution in [2.75, 3.05) is 13.7 Å². The smallest absolute Gasteiger partial charge is 0.373 e. The molecule has 0 fully saturated rings. The highest BCUT2D eigenvalue weighted by Crippen LogP contribution is 2.12. The van der Waals surface area contributed by atoms with Crippen molar-refractivity contribution in [3.63, 3.8) is 0 Å². The van der Waals surface area contributed by atoms with Crippen molar-refractivity contribution in [2.45, 2.75) is 6.92 Å². The molecule has 0 unspecified atom stereocenters. The number of ether oxygens (including phenoxy) is 1. The van der Waals surface area contributed by atoms with Gasteiger partial charge in [-0.2, -0.15) is 4.89 Å². The average Bonchev–Trinajstić information content (AvgIpc) is 2.20. The van der Waals surface area contributed by atoms with Gasteiger partial charge in [-0.3, -0.25) is 4.89 Å². The quantitative estimate of drug-likeness (QED) is 0.544. The fourth-order valence-electron chi connectivity index (χ4n) is 0.978. The van der Waals surface area contributed by atoms with Crippen molar-refractivity contribution < 1.29 is 19.3 Å². The van der Waals surface area contributed by atoms with Gasteiger partial charge in [0.25, 0.3) is 0 Å². The second-order valence-corrected chi connectivity index (χ2v) is 2.49. The van der Waals surface area contributed by atoms with E-state index in [9.17, 15) is 4.79 Å². The Kier molecular flexibility index (Phi) is 3.94. The van der Waals surface area contributed by atoms with Gasteiger partial charge in [-0.05, 0) is 31.2 Å². The first-order valence-electron chi connectivity index (χ1n) is 4.25. The van der Waals surface area contributed by atoms with Gasteiger partial charge < -0.3 is 4.74 Å². The lowest BCUT2D eigenvalue weighted by Crippen LogP contribution is -2.03. The number of rotatable bonds is 4. The zero-order valence-electron chi connectivity index (χ0n) is 8.15. The molecule has 0 saturated carbocycles. The molecule has 1 rings (SSSR count). The van der Waals surface area contributed by atoms with Crippen molar-refractivity contribution in [1.29, 1.82) is 0 Å². The van der Waals surface area contributed by atoms with Gasteiger partial charge in [0, 0.05) is 0 Å². The van der Waals surface area contributed by atoms with Crippen LogP contribution in [0.15, 0.2) is 24.3 Å². The predicted molar refractivity (Wildman–Crippen MR) is 50.0 cm³/mol. The highest BCUT2D eigenvalue weighted by molar-refractivity contribution is 5.89. The van der Waals surface area contributed by atoms with Gasteiger partial charge in [-0.15, -0.1) is 0 Å². The van der Waals surface area contributed by atoms with Crippen LogP contribution in [0, 0.1) is 0 Å². The van der Waals surface area contributed by atoms with Gasteiger partial charge in [0.2, 0.25) is 0 Å². The molecular formula is C10H12O4. The van der Waals surface area contributed by atoms with Crippen molar-refractivity contribution in [3.05, 3.63) is 29.8 Å². The number of hydrogen-bond acceptors (Lipinski definition) is 4. The fraction of sp³-hybridized carbons (Fsp3) is 0.300. The molecule has 4 heteroatoms. The minimum absolute atomic E-state index is 0.426. The Balaban J connectivity index is 2.67. The number of carbonyl (C=O) groups excluding carboxylic acids is 1. The topological polar surface area (TPSA) is 44.8 Å². The lowest BCUT2D eigenvalue weighted by Gasteiger charge is -2.03. The minimum atomic E-state index is -0.518. The molecule has 0 spiro atoms. The summed E-state index contributed by atoms with van der Waals surface area (Å²) in [5.74, 6) is 0.206. The van der Waals surface area contributed by atoms with Crippen molar-refractivity contribution >= 4 is 5.97 Å². The monoisotopic (exact) mass is 196 g/mol. The first-order valence-corrected chi connectivity index (χ1v) is 4.25. The summed E-state index contributed by atoms with van der Waals surface area (Å²) in [6.45, 7) is 2.50. The molecule has 0 aliphatic heterocycles. The normalized spacial score (nSPS) is 9.57. The number of benzene rings is 1. The average molecular weight is 196 g/mol. The van der Waals surface area contributed by atoms with Crippen LogP contribution in [0.5, 0.6) is 5.75 Å². The van der Waals surface area contributed by atoms with Gasteiger partial charge in [-0.25, -0.2) is 4.79 Å². The van der Waals surface area contributed by atoms with E-state index in [0.29, 0.717) is 12.2 Å². The molecular weight excluding hydrogens is 184 g/mol. The molecule has 4 nitrogen and oxygen atoms in total. The van der Waals surface area contributed by atoms with Crippen molar-refractivity contribution in [2.24, 2.45) is 0 Å². The first-order chi connectivity index (χ1) is 6.77. The molecule has 0 N–H and O–H groups in total. The molecule has 0 radical (unpaired) electrons. The van der Waals surface area contributed by atoms with Crippen LogP contribution >= 0.6 is 0 Å². The van der Waals surface area contributed by atoms with Crippen LogP contribution in [0.3, 0.4) is 0 Å². The molecule has 1 aromatic rings. The summed E-state index contributed by atoms with van der Waals surface area (Å²) in [6, 6.07) is 6.64. The first kappa shape index (κ1) is 10.5. The van der Waals surface area contributed by atoms with Crippen LogP contribution in [0.2, 0.25) is 0 Å². The third-order valence-electron chi connectivity index (χ3n) is 1.56. The maximum atomic E-state index is 11.1. The molecule has 0 aliphatic rings. The Bertz CT molecular complexity index is 291. The zero-order valence-corrected chi connectivity index (χ0v) is 8.15. The van der Waals surface area contributed by atoms with E-state index >= 15 is 0 Å². The van der Waals surface area contributed by atoms with E-state index in [1.807, 2.05) is 6.92 Å². The lowest BCUT2D eigenvalue weighted by atomic mass is 10.2. The maximum absolute atomic E-state index is 11.1. The predicted octanol–water partition coefficient (Wildman–Crippen LogP) is 1.80. The van der Waals surface area contributed by atoms with Crippen molar-refractivity contribution in [3.8, 4) is 5.75 Å². The molecule has 0 atom stereocenters. The van der Waals surface area contributed by atoms with Crippen molar-refractivity contribution in [1.82, 2.24) is 0 Å². The van der Waals surface area contributed by atoms with Gasteiger partial charge in [0.15, 0.2) is 0 Å². The summed E-state index contributed by atoms with van der Waals surface area (Å²) in [4.78, 5) is 19.7. The summed E-state index contributed by atoms with van der Waals surface area (Å²) in [7, 11) is 1.28.